The highest BCUT2D eigenvalue weighted by atomic mass is 19.4. The third kappa shape index (κ3) is 5.08. The summed E-state index contributed by atoms with van der Waals surface area (Å²) in [4.78, 5) is 28.8. The summed E-state index contributed by atoms with van der Waals surface area (Å²) >= 11 is 0. The highest BCUT2D eigenvalue weighted by Crippen LogP contribution is 2.33. The molecule has 0 bridgehead atoms. The average molecular weight is 458 g/mol. The van der Waals surface area contributed by atoms with Crippen LogP contribution in [0.3, 0.4) is 0 Å². The van der Waals surface area contributed by atoms with Crippen LogP contribution in [-0.4, -0.2) is 22.3 Å². The summed E-state index contributed by atoms with van der Waals surface area (Å²) in [6, 6.07) is 14.9. The number of halogens is 3. The number of fused-ring (bicyclic) bond motifs is 2. The molecule has 1 unspecified atom stereocenters. The van der Waals surface area contributed by atoms with Crippen LogP contribution < -0.4 is 15.9 Å². The second-order valence-corrected chi connectivity index (χ2v) is 7.78. The number of nitrogens with zero attached hydrogens (tertiary/aromatic N) is 2. The molecule has 172 valence electrons. The molecule has 2 heterocycles. The molecule has 0 spiro atoms. The molecule has 2 aromatic carbocycles. The maximum Gasteiger partial charge on any atom is 0.389 e. The number of alkyl halides is 3. The Balaban J connectivity index is 1.55. The fourth-order valence-corrected chi connectivity index (χ4v) is 3.90. The van der Waals surface area contributed by atoms with Crippen molar-refractivity contribution in [2.24, 2.45) is 7.05 Å². The first-order valence-electron chi connectivity index (χ1n) is 10.4. The van der Waals surface area contributed by atoms with Gasteiger partial charge in [0.05, 0.1) is 35.5 Å². The van der Waals surface area contributed by atoms with Gasteiger partial charge in [0.25, 0.3) is 5.56 Å². The van der Waals surface area contributed by atoms with E-state index < -0.39 is 29.7 Å². The molecule has 33 heavy (non-hydrogen) atoms. The first-order valence-corrected chi connectivity index (χ1v) is 10.4. The van der Waals surface area contributed by atoms with Crippen LogP contribution >= 0.6 is 0 Å². The number of rotatable bonds is 7. The fourth-order valence-electron chi connectivity index (χ4n) is 3.90. The Labute approximate surface area is 186 Å². The van der Waals surface area contributed by atoms with Crippen molar-refractivity contribution in [3.8, 4) is 5.75 Å². The summed E-state index contributed by atoms with van der Waals surface area (Å²) in [5.41, 5.74) is 0.131. The van der Waals surface area contributed by atoms with Gasteiger partial charge in [0, 0.05) is 13.0 Å². The van der Waals surface area contributed by atoms with E-state index >= 15 is 0 Å². The topological polar surface area (TPSA) is 74.3 Å². The van der Waals surface area contributed by atoms with Crippen molar-refractivity contribution in [1.29, 1.82) is 0 Å². The Morgan fingerprint density at radius 2 is 1.82 bits per heavy atom. The number of hydrogen-bond donors (Lipinski definition) is 0. The normalized spacial score (nSPS) is 12.8. The van der Waals surface area contributed by atoms with E-state index in [4.69, 9.17) is 9.15 Å². The Bertz CT molecular complexity index is 1410. The van der Waals surface area contributed by atoms with Crippen LogP contribution in [0.25, 0.3) is 22.0 Å². The Morgan fingerprint density at radius 3 is 2.61 bits per heavy atom. The SMILES string of the molecule is Cn1c(=O)c(C(CCCOc2cc(=O)oc3ccccc23)CC(F)(F)F)nc2ccccc21. The minimum absolute atomic E-state index is 0.0411. The third-order valence-electron chi connectivity index (χ3n) is 5.44. The van der Waals surface area contributed by atoms with Crippen LogP contribution in [0.15, 0.2) is 68.6 Å². The van der Waals surface area contributed by atoms with E-state index in [9.17, 15) is 22.8 Å². The summed E-state index contributed by atoms with van der Waals surface area (Å²) in [6.45, 7) is 0.0652. The van der Waals surface area contributed by atoms with Gasteiger partial charge in [0.1, 0.15) is 17.0 Å². The lowest BCUT2D eigenvalue weighted by molar-refractivity contribution is -0.139. The maximum absolute atomic E-state index is 13.3. The highest BCUT2D eigenvalue weighted by molar-refractivity contribution is 5.82. The summed E-state index contributed by atoms with van der Waals surface area (Å²) in [6.07, 6.45) is -5.35. The van der Waals surface area contributed by atoms with E-state index in [0.717, 1.165) is 0 Å². The number of aromatic nitrogens is 2. The second-order valence-electron chi connectivity index (χ2n) is 7.78. The average Bonchev–Trinajstić information content (AvgIpc) is 2.77. The minimum atomic E-state index is -4.46. The molecule has 2 aromatic heterocycles. The molecule has 0 amide bonds. The molecule has 0 aliphatic heterocycles. The minimum Gasteiger partial charge on any atom is -0.493 e. The van der Waals surface area contributed by atoms with E-state index in [1.165, 1.54) is 17.7 Å². The maximum atomic E-state index is 13.3. The van der Waals surface area contributed by atoms with Crippen LogP contribution in [0.5, 0.6) is 5.75 Å². The zero-order chi connectivity index (χ0) is 23.6. The lowest BCUT2D eigenvalue weighted by Crippen LogP contribution is -2.28. The van der Waals surface area contributed by atoms with E-state index in [2.05, 4.69) is 4.98 Å². The van der Waals surface area contributed by atoms with E-state index in [1.807, 2.05) is 0 Å². The zero-order valence-corrected chi connectivity index (χ0v) is 17.8. The monoisotopic (exact) mass is 458 g/mol. The van der Waals surface area contributed by atoms with Gasteiger partial charge < -0.3 is 13.7 Å². The molecule has 0 saturated carbocycles. The number of ether oxygens (including phenoxy) is 1. The van der Waals surface area contributed by atoms with Crippen LogP contribution in [0.2, 0.25) is 0 Å². The van der Waals surface area contributed by atoms with Crippen molar-refractivity contribution in [2.45, 2.75) is 31.4 Å². The van der Waals surface area contributed by atoms with E-state index in [-0.39, 0.29) is 25.1 Å². The van der Waals surface area contributed by atoms with Crippen molar-refractivity contribution >= 4 is 22.0 Å². The van der Waals surface area contributed by atoms with Crippen LogP contribution in [0.4, 0.5) is 13.2 Å². The zero-order valence-electron chi connectivity index (χ0n) is 17.8. The van der Waals surface area contributed by atoms with Gasteiger partial charge >= 0.3 is 11.8 Å². The van der Waals surface area contributed by atoms with Gasteiger partial charge in [-0.15, -0.1) is 0 Å². The van der Waals surface area contributed by atoms with Gasteiger partial charge in [0.2, 0.25) is 0 Å². The largest absolute Gasteiger partial charge is 0.493 e. The Kier molecular flexibility index (Phi) is 6.22. The number of hydrogen-bond acceptors (Lipinski definition) is 5. The van der Waals surface area contributed by atoms with Crippen molar-refractivity contribution in [3.63, 3.8) is 0 Å². The number of para-hydroxylation sites is 3. The first kappa shape index (κ1) is 22.6. The molecule has 1 atom stereocenters. The summed E-state index contributed by atoms with van der Waals surface area (Å²) in [5.74, 6) is -0.816. The Morgan fingerprint density at radius 1 is 1.09 bits per heavy atom. The smallest absolute Gasteiger partial charge is 0.389 e. The number of benzene rings is 2. The molecule has 4 rings (SSSR count). The highest BCUT2D eigenvalue weighted by Gasteiger charge is 2.34. The van der Waals surface area contributed by atoms with Crippen LogP contribution in [-0.2, 0) is 7.05 Å². The molecule has 4 aromatic rings. The van der Waals surface area contributed by atoms with Crippen molar-refractivity contribution in [1.82, 2.24) is 9.55 Å². The summed E-state index contributed by atoms with van der Waals surface area (Å²) in [7, 11) is 1.52. The lowest BCUT2D eigenvalue weighted by atomic mass is 9.95. The lowest BCUT2D eigenvalue weighted by Gasteiger charge is -2.19. The van der Waals surface area contributed by atoms with Crippen molar-refractivity contribution < 1.29 is 22.3 Å². The van der Waals surface area contributed by atoms with Gasteiger partial charge in [-0.25, -0.2) is 9.78 Å². The number of aryl methyl sites for hydroxylation is 1. The third-order valence-corrected chi connectivity index (χ3v) is 5.44. The summed E-state index contributed by atoms with van der Waals surface area (Å²) in [5, 5.41) is 0.592. The van der Waals surface area contributed by atoms with Gasteiger partial charge in [-0.05, 0) is 37.1 Å². The van der Waals surface area contributed by atoms with Gasteiger partial charge in [-0.2, -0.15) is 13.2 Å². The standard InChI is InChI=1S/C24H21F3N2O4/c1-29-18-10-4-3-9-17(18)28-22(23(29)31)15(14-24(25,26)27)7-6-12-32-20-13-21(30)33-19-11-5-2-8-16(19)20/h2-5,8-11,13,15H,6-7,12,14H2,1H3. The molecule has 0 radical (unpaired) electrons. The van der Waals surface area contributed by atoms with Gasteiger partial charge in [0.15, 0.2) is 0 Å². The predicted octanol–water partition coefficient (Wildman–Crippen LogP) is 4.94. The molecule has 0 N–H and O–H groups in total. The van der Waals surface area contributed by atoms with Gasteiger partial charge in [-0.3, -0.25) is 4.79 Å². The van der Waals surface area contributed by atoms with Crippen molar-refractivity contribution in [2.75, 3.05) is 6.61 Å². The molecule has 9 heteroatoms. The van der Waals surface area contributed by atoms with Crippen LogP contribution in [0.1, 0.15) is 30.9 Å². The molecule has 0 fully saturated rings. The Hall–Kier alpha value is -3.62. The molecule has 6 nitrogen and oxygen atoms in total. The van der Waals surface area contributed by atoms with Crippen molar-refractivity contribution in [3.05, 3.63) is 81.1 Å². The molecular weight excluding hydrogens is 437 g/mol. The van der Waals surface area contributed by atoms with Gasteiger partial charge in [-0.1, -0.05) is 24.3 Å². The fraction of sp³-hybridized carbons (Fsp3) is 0.292. The summed E-state index contributed by atoms with van der Waals surface area (Å²) < 4.78 is 52.1. The molecule has 0 aliphatic carbocycles. The second kappa shape index (κ2) is 9.09. The van der Waals surface area contributed by atoms with Crippen LogP contribution in [0, 0.1) is 0 Å². The predicted molar refractivity (Wildman–Crippen MR) is 118 cm³/mol. The van der Waals surface area contributed by atoms with E-state index in [1.54, 1.807) is 48.5 Å². The molecule has 0 aliphatic rings. The molecular formula is C24H21F3N2O4. The molecule has 0 saturated heterocycles. The van der Waals surface area contributed by atoms with E-state index in [0.29, 0.717) is 27.8 Å². The quantitative estimate of drug-likeness (QED) is 0.290. The first-order chi connectivity index (χ1) is 15.7.